The molecule has 104 valence electrons. The molecule has 19 heavy (non-hydrogen) atoms. The molecule has 0 unspecified atom stereocenters. The summed E-state index contributed by atoms with van der Waals surface area (Å²) in [4.78, 5) is 11.8. The van der Waals surface area contributed by atoms with E-state index < -0.39 is 5.60 Å². The van der Waals surface area contributed by atoms with Crippen LogP contribution in [0.2, 0.25) is 0 Å². The topological polar surface area (TPSA) is 59.1 Å². The first-order valence-corrected chi connectivity index (χ1v) is 7.14. The van der Waals surface area contributed by atoms with Crippen molar-refractivity contribution in [2.24, 2.45) is 17.8 Å². The molecule has 0 spiro atoms. The van der Waals surface area contributed by atoms with Crippen LogP contribution in [0.25, 0.3) is 0 Å². The number of aliphatic hydroxyl groups is 1. The standard InChI is InChI=1S/C15H20O4/c1-7-8-4-5-14(2,17)9-6-10-15(3,19-10)11(9)12(8)18-13(7)16/h8-12,17H,1,4-6H2,2-3H3/t8-,9+,10+,11-,12-,14-,15+/m0/s1. The lowest BCUT2D eigenvalue weighted by atomic mass is 9.75. The molecule has 0 aromatic rings. The van der Waals surface area contributed by atoms with Crippen molar-refractivity contribution < 1.29 is 19.4 Å². The van der Waals surface area contributed by atoms with Crippen molar-refractivity contribution in [2.75, 3.05) is 0 Å². The minimum atomic E-state index is -0.693. The first kappa shape index (κ1) is 11.9. The quantitative estimate of drug-likeness (QED) is 0.408. The summed E-state index contributed by atoms with van der Waals surface area (Å²) < 4.78 is 11.4. The first-order valence-electron chi connectivity index (χ1n) is 7.14. The molecule has 7 atom stereocenters. The van der Waals surface area contributed by atoms with Gasteiger partial charge in [-0.25, -0.2) is 4.79 Å². The van der Waals surface area contributed by atoms with E-state index in [1.165, 1.54) is 0 Å². The van der Waals surface area contributed by atoms with Gasteiger partial charge in [0.15, 0.2) is 0 Å². The van der Waals surface area contributed by atoms with Crippen LogP contribution in [0.3, 0.4) is 0 Å². The van der Waals surface area contributed by atoms with Gasteiger partial charge in [0.25, 0.3) is 0 Å². The monoisotopic (exact) mass is 264 g/mol. The molecule has 2 aliphatic carbocycles. The van der Waals surface area contributed by atoms with Crippen LogP contribution in [0.5, 0.6) is 0 Å². The third-order valence-electron chi connectivity index (χ3n) is 6.01. The second kappa shape index (κ2) is 3.23. The maximum atomic E-state index is 11.8. The van der Waals surface area contributed by atoms with Gasteiger partial charge in [-0.15, -0.1) is 0 Å². The predicted molar refractivity (Wildman–Crippen MR) is 67.2 cm³/mol. The lowest BCUT2D eigenvalue weighted by Gasteiger charge is -2.36. The zero-order valence-corrected chi connectivity index (χ0v) is 11.4. The number of carbonyl (C=O) groups excluding carboxylic acids is 1. The largest absolute Gasteiger partial charge is 0.458 e. The maximum absolute atomic E-state index is 11.8. The molecule has 0 aromatic heterocycles. The molecule has 0 radical (unpaired) electrons. The maximum Gasteiger partial charge on any atom is 0.334 e. The number of fused-ring (bicyclic) bond motifs is 5. The number of esters is 1. The molecule has 2 heterocycles. The third kappa shape index (κ3) is 1.34. The molecular formula is C15H20O4. The number of carbonyl (C=O) groups is 1. The average molecular weight is 264 g/mol. The van der Waals surface area contributed by atoms with Crippen molar-refractivity contribution in [1.29, 1.82) is 0 Å². The van der Waals surface area contributed by atoms with Gasteiger partial charge in [0.2, 0.25) is 0 Å². The van der Waals surface area contributed by atoms with Crippen LogP contribution in [0.1, 0.15) is 33.1 Å². The van der Waals surface area contributed by atoms with Gasteiger partial charge in [0, 0.05) is 17.4 Å². The Morgan fingerprint density at radius 2 is 2.16 bits per heavy atom. The molecule has 4 rings (SSSR count). The molecule has 2 aliphatic heterocycles. The molecule has 0 aromatic carbocycles. The number of hydrogen-bond acceptors (Lipinski definition) is 4. The van der Waals surface area contributed by atoms with Crippen molar-refractivity contribution in [3.63, 3.8) is 0 Å². The number of rotatable bonds is 0. The Hall–Kier alpha value is -0.870. The van der Waals surface area contributed by atoms with Gasteiger partial charge in [-0.1, -0.05) is 6.58 Å². The first-order chi connectivity index (χ1) is 8.84. The van der Waals surface area contributed by atoms with Crippen molar-refractivity contribution >= 4 is 5.97 Å². The number of ether oxygens (including phenoxy) is 2. The Morgan fingerprint density at radius 1 is 1.42 bits per heavy atom. The van der Waals surface area contributed by atoms with E-state index in [-0.39, 0.29) is 41.5 Å². The summed E-state index contributed by atoms with van der Waals surface area (Å²) in [6.45, 7) is 7.90. The van der Waals surface area contributed by atoms with Gasteiger partial charge in [-0.05, 0) is 39.0 Å². The Bertz CT molecular complexity index is 483. The van der Waals surface area contributed by atoms with Crippen molar-refractivity contribution in [3.05, 3.63) is 12.2 Å². The fourth-order valence-corrected chi connectivity index (χ4v) is 4.75. The molecule has 0 amide bonds. The Kier molecular flexibility index (Phi) is 2.03. The molecule has 2 saturated carbocycles. The van der Waals surface area contributed by atoms with Crippen LogP contribution in [0.4, 0.5) is 0 Å². The van der Waals surface area contributed by atoms with Gasteiger partial charge >= 0.3 is 5.97 Å². The van der Waals surface area contributed by atoms with E-state index in [0.29, 0.717) is 12.0 Å². The summed E-state index contributed by atoms with van der Waals surface area (Å²) >= 11 is 0. The molecule has 0 bridgehead atoms. The Morgan fingerprint density at radius 3 is 2.89 bits per heavy atom. The van der Waals surface area contributed by atoms with E-state index in [0.717, 1.165) is 12.8 Å². The fraction of sp³-hybridized carbons (Fsp3) is 0.800. The number of hydrogen-bond donors (Lipinski definition) is 1. The van der Waals surface area contributed by atoms with Crippen LogP contribution in [-0.4, -0.2) is 34.5 Å². The molecule has 4 heteroatoms. The summed E-state index contributed by atoms with van der Waals surface area (Å²) in [6.07, 6.45) is 2.42. The Labute approximate surface area is 112 Å². The molecule has 1 N–H and O–H groups in total. The molecule has 2 saturated heterocycles. The summed E-state index contributed by atoms with van der Waals surface area (Å²) in [5, 5.41) is 10.8. The summed E-state index contributed by atoms with van der Waals surface area (Å²) in [5.74, 6) is 0.0462. The van der Waals surface area contributed by atoms with Gasteiger partial charge in [-0.3, -0.25) is 0 Å². The number of epoxide rings is 1. The van der Waals surface area contributed by atoms with E-state index in [1.807, 2.05) is 6.92 Å². The molecular weight excluding hydrogens is 244 g/mol. The highest BCUT2D eigenvalue weighted by Gasteiger charge is 2.72. The SMILES string of the molecule is C=C1C(=O)O[C@@H]2[C@@H]3[C@@H](C[C@H]4O[C@@]34C)[C@@](C)(O)CC[C@@H]12. The second-order valence-corrected chi connectivity index (χ2v) is 7.06. The van der Waals surface area contributed by atoms with Crippen LogP contribution < -0.4 is 0 Å². The van der Waals surface area contributed by atoms with E-state index in [2.05, 4.69) is 13.5 Å². The predicted octanol–water partition coefficient (Wildman–Crippen LogP) is 1.42. The van der Waals surface area contributed by atoms with E-state index >= 15 is 0 Å². The van der Waals surface area contributed by atoms with Crippen LogP contribution >= 0.6 is 0 Å². The van der Waals surface area contributed by atoms with Crippen LogP contribution in [-0.2, 0) is 14.3 Å². The molecule has 4 fully saturated rings. The summed E-state index contributed by atoms with van der Waals surface area (Å²) in [7, 11) is 0. The van der Waals surface area contributed by atoms with Gasteiger partial charge in [0.05, 0.1) is 17.3 Å². The van der Waals surface area contributed by atoms with Crippen LogP contribution in [0.15, 0.2) is 12.2 Å². The summed E-state index contributed by atoms with van der Waals surface area (Å²) in [5.41, 5.74) is -0.331. The molecule has 4 aliphatic rings. The highest BCUT2D eigenvalue weighted by molar-refractivity contribution is 5.90. The van der Waals surface area contributed by atoms with Crippen molar-refractivity contribution in [1.82, 2.24) is 0 Å². The highest BCUT2D eigenvalue weighted by atomic mass is 16.6. The third-order valence-corrected chi connectivity index (χ3v) is 6.01. The van der Waals surface area contributed by atoms with E-state index in [1.54, 1.807) is 0 Å². The van der Waals surface area contributed by atoms with E-state index in [9.17, 15) is 9.90 Å². The van der Waals surface area contributed by atoms with Gasteiger partial charge in [-0.2, -0.15) is 0 Å². The van der Waals surface area contributed by atoms with E-state index in [4.69, 9.17) is 9.47 Å². The molecule has 4 nitrogen and oxygen atoms in total. The zero-order chi connectivity index (χ0) is 13.6. The average Bonchev–Trinajstić information content (AvgIpc) is 2.80. The van der Waals surface area contributed by atoms with Crippen molar-refractivity contribution in [3.8, 4) is 0 Å². The second-order valence-electron chi connectivity index (χ2n) is 7.06. The Balaban J connectivity index is 1.78. The summed E-state index contributed by atoms with van der Waals surface area (Å²) in [6, 6.07) is 0. The van der Waals surface area contributed by atoms with Gasteiger partial charge < -0.3 is 14.6 Å². The fourth-order valence-electron chi connectivity index (χ4n) is 4.75. The highest BCUT2D eigenvalue weighted by Crippen LogP contribution is 2.64. The van der Waals surface area contributed by atoms with Gasteiger partial charge in [0.1, 0.15) is 6.10 Å². The minimum Gasteiger partial charge on any atom is -0.458 e. The normalized spacial score (nSPS) is 59.0. The smallest absolute Gasteiger partial charge is 0.334 e. The lowest BCUT2D eigenvalue weighted by molar-refractivity contribution is -0.146. The van der Waals surface area contributed by atoms with Crippen molar-refractivity contribution in [2.45, 2.75) is 56.5 Å². The zero-order valence-electron chi connectivity index (χ0n) is 11.4. The minimum absolute atomic E-state index is 0.0498. The van der Waals surface area contributed by atoms with Crippen LogP contribution in [0, 0.1) is 17.8 Å². The lowest BCUT2D eigenvalue weighted by Crippen LogP contribution is -2.44.